The van der Waals surface area contributed by atoms with Gasteiger partial charge in [0.25, 0.3) is 10.2 Å². The zero-order chi connectivity index (χ0) is 15.8. The van der Waals surface area contributed by atoms with Crippen LogP contribution in [-0.4, -0.2) is 55.3 Å². The quantitative estimate of drug-likeness (QED) is 0.827. The van der Waals surface area contributed by atoms with Gasteiger partial charge in [0.15, 0.2) is 0 Å². The minimum atomic E-state index is -4.54. The highest BCUT2D eigenvalue weighted by atomic mass is 32.2. The van der Waals surface area contributed by atoms with Gasteiger partial charge in [-0.15, -0.1) is 0 Å². The lowest BCUT2D eigenvalue weighted by molar-refractivity contribution is -0.141. The summed E-state index contributed by atoms with van der Waals surface area (Å²) in [5.74, 6) is -0.170. The number of hydrogen-bond donors (Lipinski definition) is 0. The Kier molecular flexibility index (Phi) is 4.13. The molecule has 1 fully saturated rings. The van der Waals surface area contributed by atoms with Gasteiger partial charge in [0.05, 0.1) is 13.1 Å². The molecule has 1 aliphatic rings. The first-order chi connectivity index (χ1) is 9.60. The Hall–Kier alpha value is -1.39. The number of alkyl halides is 3. The summed E-state index contributed by atoms with van der Waals surface area (Å²) in [7, 11) is -0.709. The summed E-state index contributed by atoms with van der Waals surface area (Å²) in [5.41, 5.74) is -1.04. The molecule has 10 heteroatoms. The molecule has 1 aliphatic heterocycles. The zero-order valence-electron chi connectivity index (χ0n) is 11.3. The van der Waals surface area contributed by atoms with E-state index in [1.807, 2.05) is 0 Å². The van der Waals surface area contributed by atoms with E-state index in [0.29, 0.717) is 0 Å². The Balaban J connectivity index is 1.97. The Morgan fingerprint density at radius 1 is 1.33 bits per heavy atom. The van der Waals surface area contributed by atoms with Gasteiger partial charge in [-0.25, -0.2) is 4.98 Å². The third kappa shape index (κ3) is 3.44. The van der Waals surface area contributed by atoms with Gasteiger partial charge < -0.3 is 4.74 Å². The molecule has 0 bridgehead atoms. The minimum Gasteiger partial charge on any atom is -0.472 e. The number of hydrogen-bond acceptors (Lipinski definition) is 4. The van der Waals surface area contributed by atoms with Gasteiger partial charge in [-0.3, -0.25) is 0 Å². The maximum atomic E-state index is 12.5. The molecule has 118 valence electrons. The smallest absolute Gasteiger partial charge is 0.433 e. The number of rotatable bonds is 4. The summed E-state index contributed by atoms with van der Waals surface area (Å²) in [6.45, 7) is 0.164. The molecule has 1 aromatic heterocycles. The maximum Gasteiger partial charge on any atom is 0.433 e. The second kappa shape index (κ2) is 5.43. The van der Waals surface area contributed by atoms with Crippen LogP contribution in [0.3, 0.4) is 0 Å². The lowest BCUT2D eigenvalue weighted by Crippen LogP contribution is -2.58. The van der Waals surface area contributed by atoms with Crippen molar-refractivity contribution in [1.82, 2.24) is 13.6 Å². The number of ether oxygens (including phenoxy) is 1. The summed E-state index contributed by atoms with van der Waals surface area (Å²) >= 11 is 0. The standard InChI is InChI=1S/C11H14F3N3O3S/c1-16(2)21(18,19)17-6-8(7-17)20-10-5-3-4-9(15-10)11(12,13)14/h3-5,8H,6-7H2,1-2H3. The van der Waals surface area contributed by atoms with Crippen LogP contribution < -0.4 is 4.74 Å². The molecule has 21 heavy (non-hydrogen) atoms. The van der Waals surface area contributed by atoms with Gasteiger partial charge in [-0.2, -0.15) is 30.2 Å². The molecule has 0 aliphatic carbocycles. The monoisotopic (exact) mass is 325 g/mol. The fraction of sp³-hybridized carbons (Fsp3) is 0.545. The lowest BCUT2D eigenvalue weighted by Gasteiger charge is -2.38. The van der Waals surface area contributed by atoms with Crippen LogP contribution in [0.4, 0.5) is 13.2 Å². The van der Waals surface area contributed by atoms with Crippen LogP contribution in [0.2, 0.25) is 0 Å². The normalized spacial score (nSPS) is 17.8. The van der Waals surface area contributed by atoms with Gasteiger partial charge in [0.2, 0.25) is 5.88 Å². The number of halogens is 3. The molecule has 0 saturated carbocycles. The molecule has 0 spiro atoms. The molecule has 0 atom stereocenters. The number of aromatic nitrogens is 1. The van der Waals surface area contributed by atoms with E-state index in [1.165, 1.54) is 30.5 Å². The molecule has 1 saturated heterocycles. The van der Waals surface area contributed by atoms with E-state index in [4.69, 9.17) is 4.74 Å². The van der Waals surface area contributed by atoms with Gasteiger partial charge in [-0.05, 0) is 6.07 Å². The van der Waals surface area contributed by atoms with E-state index >= 15 is 0 Å². The molecule has 0 N–H and O–H groups in total. The largest absolute Gasteiger partial charge is 0.472 e. The molecular weight excluding hydrogens is 311 g/mol. The second-order valence-corrected chi connectivity index (χ2v) is 6.85. The summed E-state index contributed by atoms with van der Waals surface area (Å²) < 4.78 is 68.4. The molecule has 2 rings (SSSR count). The Morgan fingerprint density at radius 3 is 2.48 bits per heavy atom. The van der Waals surface area contributed by atoms with Crippen molar-refractivity contribution in [2.75, 3.05) is 27.2 Å². The van der Waals surface area contributed by atoms with Crippen molar-refractivity contribution >= 4 is 10.2 Å². The molecule has 1 aromatic rings. The van der Waals surface area contributed by atoms with Crippen molar-refractivity contribution in [3.05, 3.63) is 23.9 Å². The van der Waals surface area contributed by atoms with Gasteiger partial charge in [-0.1, -0.05) is 6.07 Å². The van der Waals surface area contributed by atoms with Gasteiger partial charge in [0.1, 0.15) is 11.8 Å². The van der Waals surface area contributed by atoms with E-state index in [1.54, 1.807) is 0 Å². The van der Waals surface area contributed by atoms with Crippen molar-refractivity contribution < 1.29 is 26.3 Å². The summed E-state index contributed by atoms with van der Waals surface area (Å²) in [4.78, 5) is 3.36. The van der Waals surface area contributed by atoms with Crippen LogP contribution in [0.5, 0.6) is 5.88 Å². The van der Waals surface area contributed by atoms with Crippen molar-refractivity contribution in [2.45, 2.75) is 12.3 Å². The topological polar surface area (TPSA) is 62.7 Å². The van der Waals surface area contributed by atoms with Crippen LogP contribution in [0.25, 0.3) is 0 Å². The predicted octanol–water partition coefficient (Wildman–Crippen LogP) is 0.970. The van der Waals surface area contributed by atoms with Crippen molar-refractivity contribution in [3.63, 3.8) is 0 Å². The first-order valence-corrected chi connectivity index (χ1v) is 7.39. The van der Waals surface area contributed by atoms with Crippen molar-refractivity contribution in [3.8, 4) is 5.88 Å². The highest BCUT2D eigenvalue weighted by molar-refractivity contribution is 7.86. The first-order valence-electron chi connectivity index (χ1n) is 5.99. The molecular formula is C11H14F3N3O3S. The van der Waals surface area contributed by atoms with E-state index in [2.05, 4.69) is 4.98 Å². The minimum absolute atomic E-state index is 0.0818. The Bertz CT molecular complexity index is 613. The average Bonchev–Trinajstić information content (AvgIpc) is 2.32. The lowest BCUT2D eigenvalue weighted by atomic mass is 10.2. The fourth-order valence-electron chi connectivity index (χ4n) is 1.70. The van der Waals surface area contributed by atoms with E-state index in [9.17, 15) is 21.6 Å². The first kappa shape index (κ1) is 16.0. The zero-order valence-corrected chi connectivity index (χ0v) is 12.1. The van der Waals surface area contributed by atoms with E-state index in [-0.39, 0.29) is 19.0 Å². The predicted molar refractivity (Wildman–Crippen MR) is 67.8 cm³/mol. The van der Waals surface area contributed by atoms with Crippen LogP contribution in [0.1, 0.15) is 5.69 Å². The van der Waals surface area contributed by atoms with Crippen LogP contribution >= 0.6 is 0 Å². The molecule has 0 amide bonds. The fourth-order valence-corrected chi connectivity index (χ4v) is 2.87. The summed E-state index contributed by atoms with van der Waals surface area (Å²) in [6, 6.07) is 3.34. The van der Waals surface area contributed by atoms with Crippen LogP contribution in [0.15, 0.2) is 18.2 Å². The molecule has 0 aromatic carbocycles. The highest BCUT2D eigenvalue weighted by Gasteiger charge is 2.39. The van der Waals surface area contributed by atoms with Crippen LogP contribution in [-0.2, 0) is 16.4 Å². The SMILES string of the molecule is CN(C)S(=O)(=O)N1CC(Oc2cccc(C(F)(F)F)n2)C1. The van der Waals surface area contributed by atoms with Gasteiger partial charge >= 0.3 is 6.18 Å². The number of pyridine rings is 1. The maximum absolute atomic E-state index is 12.5. The third-order valence-corrected chi connectivity index (χ3v) is 4.78. The Labute approximate surface area is 120 Å². The Morgan fingerprint density at radius 2 is 1.95 bits per heavy atom. The highest BCUT2D eigenvalue weighted by Crippen LogP contribution is 2.29. The molecule has 2 heterocycles. The average molecular weight is 325 g/mol. The third-order valence-electron chi connectivity index (χ3n) is 2.90. The second-order valence-electron chi connectivity index (χ2n) is 4.71. The van der Waals surface area contributed by atoms with Crippen molar-refractivity contribution in [2.24, 2.45) is 0 Å². The van der Waals surface area contributed by atoms with E-state index < -0.39 is 28.2 Å². The number of nitrogens with zero attached hydrogens (tertiary/aromatic N) is 3. The summed E-state index contributed by atoms with van der Waals surface area (Å²) in [5, 5.41) is 0. The van der Waals surface area contributed by atoms with E-state index in [0.717, 1.165) is 10.4 Å². The van der Waals surface area contributed by atoms with Gasteiger partial charge in [0, 0.05) is 20.2 Å². The van der Waals surface area contributed by atoms with Crippen molar-refractivity contribution in [1.29, 1.82) is 0 Å². The molecule has 0 radical (unpaired) electrons. The summed E-state index contributed by atoms with van der Waals surface area (Å²) in [6.07, 6.45) is -5.05. The molecule has 6 nitrogen and oxygen atoms in total. The molecule has 0 unspecified atom stereocenters. The van der Waals surface area contributed by atoms with Crippen LogP contribution in [0, 0.1) is 0 Å².